The van der Waals surface area contributed by atoms with Crippen molar-refractivity contribution in [3.63, 3.8) is 0 Å². The lowest BCUT2D eigenvalue weighted by atomic mass is 10.2. The van der Waals surface area contributed by atoms with E-state index in [-0.39, 0.29) is 12.5 Å². The van der Waals surface area contributed by atoms with Crippen LogP contribution in [0.5, 0.6) is 0 Å². The van der Waals surface area contributed by atoms with Crippen LogP contribution in [0.25, 0.3) is 0 Å². The van der Waals surface area contributed by atoms with Crippen LogP contribution in [0.1, 0.15) is 23.0 Å². The maximum absolute atomic E-state index is 12.0. The summed E-state index contributed by atoms with van der Waals surface area (Å²) in [4.78, 5) is 24.5. The largest absolute Gasteiger partial charge is 0.468 e. The first kappa shape index (κ1) is 12.2. The van der Waals surface area contributed by atoms with Crippen LogP contribution in [0, 0.1) is 6.92 Å². The van der Waals surface area contributed by atoms with Gasteiger partial charge in [0.25, 0.3) is 5.91 Å². The molecule has 16 heavy (non-hydrogen) atoms. The molecule has 1 heterocycles. The van der Waals surface area contributed by atoms with E-state index >= 15 is 0 Å². The zero-order chi connectivity index (χ0) is 12.1. The van der Waals surface area contributed by atoms with Gasteiger partial charge in [-0.1, -0.05) is 0 Å². The van der Waals surface area contributed by atoms with Crippen LogP contribution in [-0.2, 0) is 9.53 Å². The molecule has 0 fully saturated rings. The molecule has 1 rings (SSSR count). The molecule has 0 bridgehead atoms. The van der Waals surface area contributed by atoms with Crippen molar-refractivity contribution in [1.29, 1.82) is 0 Å². The number of carbonyl (C=O) groups is 2. The van der Waals surface area contributed by atoms with E-state index in [2.05, 4.69) is 14.9 Å². The number of aromatic nitrogens is 2. The number of carbonyl (C=O) groups excluding carboxylic acids is 2. The predicted molar refractivity (Wildman–Crippen MR) is 56.9 cm³/mol. The van der Waals surface area contributed by atoms with Gasteiger partial charge in [-0.2, -0.15) is 5.10 Å². The minimum Gasteiger partial charge on any atom is -0.468 e. The van der Waals surface area contributed by atoms with Gasteiger partial charge in [-0.05, 0) is 13.8 Å². The van der Waals surface area contributed by atoms with Crippen molar-refractivity contribution in [3.05, 3.63) is 17.5 Å². The molecule has 88 valence electrons. The minimum absolute atomic E-state index is 0.0452. The molecule has 0 atom stereocenters. The Labute approximate surface area is 93.6 Å². The van der Waals surface area contributed by atoms with Gasteiger partial charge >= 0.3 is 5.97 Å². The fraction of sp³-hybridized carbons (Fsp3) is 0.500. The topological polar surface area (TPSA) is 75.3 Å². The maximum atomic E-state index is 12.0. The molecule has 0 aliphatic carbocycles. The fourth-order valence-electron chi connectivity index (χ4n) is 1.28. The normalized spacial score (nSPS) is 9.94. The summed E-state index contributed by atoms with van der Waals surface area (Å²) < 4.78 is 4.52. The number of nitrogens with one attached hydrogen (secondary N) is 1. The van der Waals surface area contributed by atoms with Crippen molar-refractivity contribution in [1.82, 2.24) is 15.1 Å². The number of hydrogen-bond acceptors (Lipinski definition) is 4. The number of hydrogen-bond donors (Lipinski definition) is 1. The highest BCUT2D eigenvalue weighted by Crippen LogP contribution is 2.07. The summed E-state index contributed by atoms with van der Waals surface area (Å²) in [5.74, 6) is -0.657. The molecular formula is C10H15N3O3. The lowest BCUT2D eigenvalue weighted by Crippen LogP contribution is -2.36. The number of rotatable bonds is 4. The number of nitrogens with zero attached hydrogens (tertiary/aromatic N) is 2. The molecule has 0 spiro atoms. The standard InChI is InChI=1S/C10H15N3O3/c1-4-13(6-9(14)16-3)10(15)8-5-11-12-7(8)2/h5H,4,6H2,1-3H3,(H,11,12). The Bertz CT molecular complexity index is 386. The number of amides is 1. The molecule has 0 unspecified atom stereocenters. The number of H-pyrrole nitrogens is 1. The number of esters is 1. The van der Waals surface area contributed by atoms with Gasteiger partial charge in [-0.3, -0.25) is 14.7 Å². The Morgan fingerprint density at radius 2 is 2.25 bits per heavy atom. The molecule has 0 radical (unpaired) electrons. The summed E-state index contributed by atoms with van der Waals surface area (Å²) in [7, 11) is 1.30. The van der Waals surface area contributed by atoms with Crippen molar-refractivity contribution in [2.75, 3.05) is 20.2 Å². The third-order valence-corrected chi connectivity index (χ3v) is 2.28. The molecule has 6 heteroatoms. The summed E-state index contributed by atoms with van der Waals surface area (Å²) in [6.07, 6.45) is 1.46. The van der Waals surface area contributed by atoms with Crippen LogP contribution in [0.2, 0.25) is 0 Å². The third-order valence-electron chi connectivity index (χ3n) is 2.28. The van der Waals surface area contributed by atoms with Crippen LogP contribution in [-0.4, -0.2) is 47.2 Å². The molecule has 1 aromatic rings. The number of aromatic amines is 1. The van der Waals surface area contributed by atoms with E-state index in [0.29, 0.717) is 17.8 Å². The Balaban J connectivity index is 2.78. The highest BCUT2D eigenvalue weighted by Gasteiger charge is 2.20. The highest BCUT2D eigenvalue weighted by molar-refractivity contribution is 5.96. The highest BCUT2D eigenvalue weighted by atomic mass is 16.5. The summed E-state index contributed by atoms with van der Waals surface area (Å²) in [6, 6.07) is 0. The van der Waals surface area contributed by atoms with Crippen molar-refractivity contribution in [3.8, 4) is 0 Å². The second kappa shape index (κ2) is 5.29. The average molecular weight is 225 g/mol. The molecule has 0 aliphatic rings. The second-order valence-electron chi connectivity index (χ2n) is 3.30. The van der Waals surface area contributed by atoms with Crippen LogP contribution < -0.4 is 0 Å². The number of methoxy groups -OCH3 is 1. The second-order valence-corrected chi connectivity index (χ2v) is 3.30. The van der Waals surface area contributed by atoms with E-state index in [4.69, 9.17) is 0 Å². The van der Waals surface area contributed by atoms with Crippen LogP contribution >= 0.6 is 0 Å². The molecule has 6 nitrogen and oxygen atoms in total. The van der Waals surface area contributed by atoms with Gasteiger partial charge in [0.05, 0.1) is 18.9 Å². The Hall–Kier alpha value is -1.85. The molecule has 0 saturated heterocycles. The number of likely N-dealkylation sites (N-methyl/N-ethyl adjacent to an activating group) is 1. The molecule has 1 amide bonds. The predicted octanol–water partition coefficient (Wildman–Crippen LogP) is 0.353. The van der Waals surface area contributed by atoms with Crippen LogP contribution in [0.4, 0.5) is 0 Å². The maximum Gasteiger partial charge on any atom is 0.325 e. The van der Waals surface area contributed by atoms with Gasteiger partial charge in [-0.25, -0.2) is 0 Å². The summed E-state index contributed by atoms with van der Waals surface area (Å²) >= 11 is 0. The lowest BCUT2D eigenvalue weighted by molar-refractivity contribution is -0.141. The SMILES string of the molecule is CCN(CC(=O)OC)C(=O)c1cn[nH]c1C. The van der Waals surface area contributed by atoms with Gasteiger partial charge in [-0.15, -0.1) is 0 Å². The fourth-order valence-corrected chi connectivity index (χ4v) is 1.28. The van der Waals surface area contributed by atoms with Gasteiger partial charge in [0.2, 0.25) is 0 Å². The van der Waals surface area contributed by atoms with Gasteiger partial charge < -0.3 is 9.64 Å². The van der Waals surface area contributed by atoms with E-state index < -0.39 is 5.97 Å². The van der Waals surface area contributed by atoms with Crippen LogP contribution in [0.15, 0.2) is 6.20 Å². The van der Waals surface area contributed by atoms with E-state index in [1.807, 2.05) is 0 Å². The first-order valence-corrected chi connectivity index (χ1v) is 4.96. The lowest BCUT2D eigenvalue weighted by Gasteiger charge is -2.18. The molecule has 0 saturated carbocycles. The van der Waals surface area contributed by atoms with Gasteiger partial charge in [0.15, 0.2) is 0 Å². The summed E-state index contributed by atoms with van der Waals surface area (Å²) in [5.41, 5.74) is 1.17. The first-order valence-electron chi connectivity index (χ1n) is 4.96. The minimum atomic E-state index is -0.434. The average Bonchev–Trinajstić information content (AvgIpc) is 2.71. The zero-order valence-electron chi connectivity index (χ0n) is 9.61. The Morgan fingerprint density at radius 1 is 1.56 bits per heavy atom. The Kier molecular flexibility index (Phi) is 4.04. The van der Waals surface area contributed by atoms with Crippen molar-refractivity contribution >= 4 is 11.9 Å². The van der Waals surface area contributed by atoms with E-state index in [9.17, 15) is 9.59 Å². The van der Waals surface area contributed by atoms with Gasteiger partial charge in [0, 0.05) is 12.2 Å². The first-order chi connectivity index (χ1) is 7.60. The van der Waals surface area contributed by atoms with Crippen molar-refractivity contribution in [2.45, 2.75) is 13.8 Å². The van der Waals surface area contributed by atoms with Gasteiger partial charge in [0.1, 0.15) is 6.54 Å². The summed E-state index contributed by atoms with van der Waals surface area (Å²) in [6.45, 7) is 3.96. The van der Waals surface area contributed by atoms with Crippen LogP contribution in [0.3, 0.4) is 0 Å². The summed E-state index contributed by atoms with van der Waals surface area (Å²) in [5, 5.41) is 6.45. The van der Waals surface area contributed by atoms with E-state index in [0.717, 1.165) is 0 Å². The molecule has 0 aromatic carbocycles. The van der Waals surface area contributed by atoms with Crippen molar-refractivity contribution < 1.29 is 14.3 Å². The van der Waals surface area contributed by atoms with E-state index in [1.165, 1.54) is 18.2 Å². The smallest absolute Gasteiger partial charge is 0.325 e. The molecule has 1 aromatic heterocycles. The monoisotopic (exact) mass is 225 g/mol. The number of ether oxygens (including phenoxy) is 1. The molecule has 0 aliphatic heterocycles. The molecule has 1 N–H and O–H groups in total. The number of aryl methyl sites for hydroxylation is 1. The van der Waals surface area contributed by atoms with Crippen molar-refractivity contribution in [2.24, 2.45) is 0 Å². The Morgan fingerprint density at radius 3 is 2.69 bits per heavy atom. The molecular weight excluding hydrogens is 210 g/mol. The zero-order valence-corrected chi connectivity index (χ0v) is 9.61. The van der Waals surface area contributed by atoms with E-state index in [1.54, 1.807) is 13.8 Å². The quantitative estimate of drug-likeness (QED) is 0.750. The third kappa shape index (κ3) is 2.59.